The van der Waals surface area contributed by atoms with E-state index in [2.05, 4.69) is 84.1 Å². The molecule has 3 aliphatic carbocycles. The van der Waals surface area contributed by atoms with Crippen LogP contribution in [0.5, 0.6) is 17.2 Å². The smallest absolute Gasteiger partial charge is 0.353 e. The largest absolute Gasteiger partial charge is 0.508 e. The van der Waals surface area contributed by atoms with Crippen LogP contribution in [-0.2, 0) is 25.5 Å². The number of phenolic OH excluding ortho intramolecular Hbond substituents is 1. The number of rotatable bonds is 18. The molecule has 12 heteroatoms. The number of alkyl halides is 1. The van der Waals surface area contributed by atoms with Crippen LogP contribution in [0.2, 0.25) is 0 Å². The summed E-state index contributed by atoms with van der Waals surface area (Å²) in [6.07, 6.45) is 20.6. The highest BCUT2D eigenvalue weighted by Gasteiger charge is 2.21. The summed E-state index contributed by atoms with van der Waals surface area (Å²) in [4.78, 5) is 24.1. The van der Waals surface area contributed by atoms with Crippen LogP contribution in [-0.4, -0.2) is 66.4 Å². The van der Waals surface area contributed by atoms with E-state index in [-0.39, 0.29) is 18.0 Å². The van der Waals surface area contributed by atoms with Gasteiger partial charge in [0.15, 0.2) is 0 Å². The Hall–Kier alpha value is -3.06. The summed E-state index contributed by atoms with van der Waals surface area (Å²) < 4.78 is 24.1. The number of phenols is 1. The molecule has 0 amide bonds. The SMILES string of the molecule is BrC1CCCC1.Brc1cccc(OC2CCCC2)c1.C=C(NCCC)C(=O)OCCC.CCCN[C@@H](Cc1cccc(OC2CCCC2)c1)C(=O)OCCC.Oc1cccc(Br)c1. The van der Waals surface area contributed by atoms with Crippen LogP contribution in [0.4, 0.5) is 0 Å². The number of hydrogen-bond donors (Lipinski definition) is 3. The number of hydrogen-bond acceptors (Lipinski definition) is 9. The highest BCUT2D eigenvalue weighted by molar-refractivity contribution is 9.10. The second-order valence-corrected chi connectivity index (χ2v) is 19.1. The maximum Gasteiger partial charge on any atom is 0.353 e. The van der Waals surface area contributed by atoms with E-state index in [1.807, 2.05) is 63.2 Å². The molecular weight excluding hydrogens is 992 g/mol. The predicted octanol–water partition coefficient (Wildman–Crippen LogP) is 13.6. The van der Waals surface area contributed by atoms with Crippen LogP contribution >= 0.6 is 47.8 Å². The summed E-state index contributed by atoms with van der Waals surface area (Å²) in [7, 11) is 0. The average Bonchev–Trinajstić information content (AvgIpc) is 4.10. The molecule has 3 fully saturated rings. The Morgan fingerprint density at radius 1 is 0.683 bits per heavy atom. The molecule has 0 spiro atoms. The summed E-state index contributed by atoms with van der Waals surface area (Å²) >= 11 is 10.2. The quantitative estimate of drug-likeness (QED) is 0.0651. The van der Waals surface area contributed by atoms with E-state index in [4.69, 9.17) is 24.1 Å². The van der Waals surface area contributed by atoms with Crippen LogP contribution in [0.3, 0.4) is 0 Å². The van der Waals surface area contributed by atoms with Crippen molar-refractivity contribution in [1.82, 2.24) is 10.6 Å². The minimum atomic E-state index is -0.342. The monoisotopic (exact) mass is 1060 g/mol. The summed E-state index contributed by atoms with van der Waals surface area (Å²) in [6.45, 7) is 14.2. The van der Waals surface area contributed by atoms with Gasteiger partial charge in [-0.15, -0.1) is 0 Å². The molecule has 0 bridgehead atoms. The van der Waals surface area contributed by atoms with Gasteiger partial charge in [0.05, 0.1) is 25.4 Å². The van der Waals surface area contributed by atoms with Crippen molar-refractivity contribution in [2.75, 3.05) is 26.3 Å². The molecule has 3 saturated carbocycles. The number of carbonyl (C=O) groups is 2. The van der Waals surface area contributed by atoms with E-state index in [1.165, 1.54) is 64.2 Å². The van der Waals surface area contributed by atoms with Crippen molar-refractivity contribution in [2.45, 2.75) is 160 Å². The van der Waals surface area contributed by atoms with Crippen LogP contribution in [0.15, 0.2) is 94.0 Å². The number of esters is 2. The molecule has 3 aromatic carbocycles. The zero-order valence-electron chi connectivity index (χ0n) is 38.3. The minimum Gasteiger partial charge on any atom is -0.508 e. The van der Waals surface area contributed by atoms with Gasteiger partial charge in [0.25, 0.3) is 0 Å². The Morgan fingerprint density at radius 2 is 1.19 bits per heavy atom. The van der Waals surface area contributed by atoms with Crippen LogP contribution < -0.4 is 20.1 Å². The van der Waals surface area contributed by atoms with E-state index < -0.39 is 0 Å². The molecular formula is C51H75Br3N2O7. The van der Waals surface area contributed by atoms with Crippen molar-refractivity contribution in [2.24, 2.45) is 0 Å². The topological polar surface area (TPSA) is 115 Å². The second kappa shape index (κ2) is 35.2. The van der Waals surface area contributed by atoms with Crippen LogP contribution in [0.1, 0.15) is 136 Å². The minimum absolute atomic E-state index is 0.160. The molecule has 0 aromatic heterocycles. The van der Waals surface area contributed by atoms with Gasteiger partial charge in [-0.3, -0.25) is 4.79 Å². The Bertz CT molecular complexity index is 1640. The molecule has 0 unspecified atom stereocenters. The van der Waals surface area contributed by atoms with Crippen LogP contribution in [0.25, 0.3) is 0 Å². The van der Waals surface area contributed by atoms with Crippen molar-refractivity contribution >= 4 is 59.7 Å². The first-order valence-corrected chi connectivity index (χ1v) is 25.7. The molecule has 352 valence electrons. The standard InChI is InChI=1S/C20H31NO3.C11H13BrO.C9H17NO2.C6H5BrO.C5H9Br/c1-3-12-21-19(20(22)23-13-4-2)15-16-8-7-11-18(14-16)24-17-9-5-6-10-17;12-9-4-3-7-11(8-9)13-10-5-1-2-6-10;1-4-6-10-8(3)9(11)12-7-5-2;7-5-2-1-3-6(8)4-5;6-5-3-1-2-4-5/h7-8,11,14,17,19,21H,3-6,9-10,12-13,15H2,1-2H3;3-4,7-8,10H,1-2,5-6H2;10H,3-7H2,1-2H3;1-4,8H;5H,1-4H2/t19-;;;;/m0..../s1. The fraction of sp³-hybridized carbons (Fsp3) is 0.569. The lowest BCUT2D eigenvalue weighted by molar-refractivity contribution is -0.146. The van der Waals surface area contributed by atoms with E-state index in [9.17, 15) is 9.59 Å². The summed E-state index contributed by atoms with van der Waals surface area (Å²) in [5.41, 5.74) is 1.46. The third kappa shape index (κ3) is 27.1. The number of carbonyl (C=O) groups excluding carboxylic acids is 2. The summed E-state index contributed by atoms with van der Waals surface area (Å²) in [5, 5.41) is 15.0. The summed E-state index contributed by atoms with van der Waals surface area (Å²) in [6, 6.07) is 22.8. The second-order valence-electron chi connectivity index (χ2n) is 15.9. The number of aromatic hydroxyl groups is 1. The molecule has 3 N–H and O–H groups in total. The van der Waals surface area contributed by atoms with Gasteiger partial charge in [0.1, 0.15) is 29.0 Å². The first kappa shape index (κ1) is 56.1. The molecule has 0 saturated heterocycles. The molecule has 63 heavy (non-hydrogen) atoms. The highest BCUT2D eigenvalue weighted by Crippen LogP contribution is 2.27. The van der Waals surface area contributed by atoms with Gasteiger partial charge in [0, 0.05) is 20.3 Å². The maximum atomic E-state index is 12.3. The zero-order valence-corrected chi connectivity index (χ0v) is 43.1. The molecule has 6 rings (SSSR count). The molecule has 9 nitrogen and oxygen atoms in total. The Morgan fingerprint density at radius 3 is 1.67 bits per heavy atom. The fourth-order valence-corrected chi connectivity index (χ4v) is 8.17. The molecule has 0 heterocycles. The maximum absolute atomic E-state index is 12.3. The van der Waals surface area contributed by atoms with Crippen molar-refractivity contribution < 1.29 is 33.6 Å². The molecule has 0 aliphatic heterocycles. The first-order chi connectivity index (χ1) is 30.5. The Balaban J connectivity index is 0.000000296. The van der Waals surface area contributed by atoms with Crippen LogP contribution in [0, 0.1) is 0 Å². The van der Waals surface area contributed by atoms with Gasteiger partial charge in [0.2, 0.25) is 0 Å². The lowest BCUT2D eigenvalue weighted by Crippen LogP contribution is -2.40. The zero-order chi connectivity index (χ0) is 46.1. The van der Waals surface area contributed by atoms with Gasteiger partial charge < -0.3 is 34.7 Å². The van der Waals surface area contributed by atoms with Crippen molar-refractivity contribution in [3.8, 4) is 17.2 Å². The van der Waals surface area contributed by atoms with Gasteiger partial charge in [-0.1, -0.05) is 119 Å². The molecule has 0 radical (unpaired) electrons. The van der Waals surface area contributed by atoms with E-state index in [0.717, 1.165) is 82.4 Å². The Kier molecular flexibility index (Phi) is 31.4. The normalized spacial score (nSPS) is 15.1. The lowest BCUT2D eigenvalue weighted by Gasteiger charge is -2.18. The van der Waals surface area contributed by atoms with E-state index in [1.54, 1.807) is 18.2 Å². The van der Waals surface area contributed by atoms with Gasteiger partial charge >= 0.3 is 11.9 Å². The summed E-state index contributed by atoms with van der Waals surface area (Å²) in [5.74, 6) is 1.69. The lowest BCUT2D eigenvalue weighted by atomic mass is 10.1. The Labute approximate surface area is 404 Å². The van der Waals surface area contributed by atoms with Gasteiger partial charge in [-0.2, -0.15) is 0 Å². The number of nitrogens with one attached hydrogen (secondary N) is 2. The third-order valence-electron chi connectivity index (χ3n) is 10.1. The first-order valence-electron chi connectivity index (χ1n) is 23.2. The number of ether oxygens (including phenoxy) is 4. The van der Waals surface area contributed by atoms with Crippen molar-refractivity contribution in [3.63, 3.8) is 0 Å². The predicted molar refractivity (Wildman–Crippen MR) is 269 cm³/mol. The van der Waals surface area contributed by atoms with Gasteiger partial charge in [-0.05, 0) is 157 Å². The molecule has 3 aliphatic rings. The van der Waals surface area contributed by atoms with Crippen molar-refractivity contribution in [1.29, 1.82) is 0 Å². The highest BCUT2D eigenvalue weighted by atomic mass is 79.9. The number of halogens is 3. The molecule has 1 atom stereocenters. The average molecular weight is 1070 g/mol. The van der Waals surface area contributed by atoms with Gasteiger partial charge in [-0.25, -0.2) is 4.79 Å². The van der Waals surface area contributed by atoms with Crippen molar-refractivity contribution in [3.05, 3.63) is 99.6 Å². The fourth-order valence-electron chi connectivity index (χ4n) is 6.76. The third-order valence-corrected chi connectivity index (χ3v) is 12.0. The van der Waals surface area contributed by atoms with E-state index in [0.29, 0.717) is 43.3 Å². The molecule has 3 aromatic rings. The number of benzene rings is 3. The van der Waals surface area contributed by atoms with E-state index >= 15 is 0 Å².